The molecular formula is C15H28N2O3. The Kier molecular flexibility index (Phi) is 4.28. The average Bonchev–Trinajstić information content (AvgIpc) is 2.23. The van der Waals surface area contributed by atoms with E-state index in [1.165, 1.54) is 19.3 Å². The van der Waals surface area contributed by atoms with E-state index in [1.54, 1.807) is 0 Å². The van der Waals surface area contributed by atoms with Gasteiger partial charge < -0.3 is 10.6 Å². The minimum absolute atomic E-state index is 0.129. The van der Waals surface area contributed by atoms with Gasteiger partial charge in [0, 0.05) is 5.54 Å². The predicted molar refractivity (Wildman–Crippen MR) is 77.5 cm³/mol. The van der Waals surface area contributed by atoms with Crippen molar-refractivity contribution < 1.29 is 9.92 Å². The Morgan fingerprint density at radius 1 is 1.45 bits per heavy atom. The van der Waals surface area contributed by atoms with E-state index in [2.05, 4.69) is 13.8 Å². The molecule has 0 radical (unpaired) electrons. The summed E-state index contributed by atoms with van der Waals surface area (Å²) in [5.41, 5.74) is 6.45. The van der Waals surface area contributed by atoms with Gasteiger partial charge in [0.25, 0.3) is 5.09 Å². The van der Waals surface area contributed by atoms with E-state index in [4.69, 9.17) is 10.6 Å². The summed E-state index contributed by atoms with van der Waals surface area (Å²) in [4.78, 5) is 15.3. The summed E-state index contributed by atoms with van der Waals surface area (Å²) in [5, 5.41) is 9.87. The maximum Gasteiger partial charge on any atom is 0.294 e. The maximum absolute atomic E-state index is 10.5. The molecule has 0 amide bonds. The molecule has 0 aliphatic heterocycles. The first kappa shape index (κ1) is 15.5. The van der Waals surface area contributed by atoms with Gasteiger partial charge in [-0.15, -0.1) is 10.1 Å². The van der Waals surface area contributed by atoms with Gasteiger partial charge in [0.15, 0.2) is 0 Å². The molecule has 0 aromatic heterocycles. The van der Waals surface area contributed by atoms with E-state index >= 15 is 0 Å². The lowest BCUT2D eigenvalue weighted by molar-refractivity contribution is -0.768. The lowest BCUT2D eigenvalue weighted by atomic mass is 9.53. The molecule has 0 spiro atoms. The Hall–Kier alpha value is -0.840. The Labute approximate surface area is 121 Å². The monoisotopic (exact) mass is 284 g/mol. The average molecular weight is 284 g/mol. The summed E-state index contributed by atoms with van der Waals surface area (Å²) in [6.07, 6.45) is 7.27. The minimum atomic E-state index is -0.663. The molecule has 2 bridgehead atoms. The van der Waals surface area contributed by atoms with Crippen molar-refractivity contribution in [2.75, 3.05) is 0 Å². The fourth-order valence-electron chi connectivity index (χ4n) is 5.18. The predicted octanol–water partition coefficient (Wildman–Crippen LogP) is 3.30. The zero-order valence-corrected chi connectivity index (χ0v) is 12.9. The topological polar surface area (TPSA) is 78.4 Å². The number of fused-ring (bicyclic) bond motifs is 2. The van der Waals surface area contributed by atoms with Crippen molar-refractivity contribution >= 4 is 0 Å². The van der Waals surface area contributed by atoms with Crippen molar-refractivity contribution in [3.63, 3.8) is 0 Å². The summed E-state index contributed by atoms with van der Waals surface area (Å²) in [6, 6.07) is 0. The van der Waals surface area contributed by atoms with Gasteiger partial charge in [-0.3, -0.25) is 0 Å². The van der Waals surface area contributed by atoms with Gasteiger partial charge in [-0.25, -0.2) is 0 Å². The van der Waals surface area contributed by atoms with Crippen molar-refractivity contribution in [1.82, 2.24) is 0 Å². The van der Waals surface area contributed by atoms with Crippen molar-refractivity contribution in [2.45, 2.75) is 77.4 Å². The fraction of sp³-hybridized carbons (Fsp3) is 1.00. The van der Waals surface area contributed by atoms with Crippen molar-refractivity contribution in [1.29, 1.82) is 0 Å². The summed E-state index contributed by atoms with van der Waals surface area (Å²) in [7, 11) is 0. The molecule has 2 fully saturated rings. The molecule has 2 saturated carbocycles. The first-order chi connectivity index (χ1) is 9.23. The van der Waals surface area contributed by atoms with Crippen LogP contribution in [-0.2, 0) is 4.84 Å². The SMILES string of the molecule is CCC1CC2CC(C)(N)CC(CC(C)O[N+](=O)[O-])(C1)C2. The Bertz CT molecular complexity index is 372. The molecule has 0 aromatic carbocycles. The number of hydrogen-bond acceptors (Lipinski definition) is 4. The van der Waals surface area contributed by atoms with Crippen LogP contribution in [0.4, 0.5) is 0 Å². The highest BCUT2D eigenvalue weighted by Crippen LogP contribution is 2.56. The maximum atomic E-state index is 10.5. The zero-order valence-electron chi connectivity index (χ0n) is 12.9. The van der Waals surface area contributed by atoms with Gasteiger partial charge in [-0.2, -0.15) is 0 Å². The van der Waals surface area contributed by atoms with Crippen LogP contribution in [0.15, 0.2) is 0 Å². The lowest BCUT2D eigenvalue weighted by Crippen LogP contribution is -2.53. The zero-order chi connectivity index (χ0) is 15.0. The molecule has 2 aliphatic carbocycles. The molecule has 116 valence electrons. The van der Waals surface area contributed by atoms with Gasteiger partial charge in [0.05, 0.1) is 0 Å². The highest BCUT2D eigenvalue weighted by atomic mass is 17.0. The second-order valence-electron chi connectivity index (χ2n) is 7.66. The molecule has 5 atom stereocenters. The van der Waals surface area contributed by atoms with Gasteiger partial charge >= 0.3 is 0 Å². The van der Waals surface area contributed by atoms with Crippen LogP contribution in [0, 0.1) is 27.4 Å². The largest absolute Gasteiger partial charge is 0.325 e. The van der Waals surface area contributed by atoms with Crippen LogP contribution in [0.25, 0.3) is 0 Å². The van der Waals surface area contributed by atoms with E-state index in [0.717, 1.165) is 31.6 Å². The third-order valence-electron chi connectivity index (χ3n) is 5.21. The van der Waals surface area contributed by atoms with E-state index in [-0.39, 0.29) is 17.1 Å². The highest BCUT2D eigenvalue weighted by Gasteiger charge is 2.49. The van der Waals surface area contributed by atoms with Gasteiger partial charge in [0.1, 0.15) is 6.10 Å². The quantitative estimate of drug-likeness (QED) is 0.620. The van der Waals surface area contributed by atoms with Crippen LogP contribution in [0.5, 0.6) is 0 Å². The molecule has 2 rings (SSSR count). The summed E-state index contributed by atoms with van der Waals surface area (Å²) >= 11 is 0. The summed E-state index contributed by atoms with van der Waals surface area (Å²) in [5.74, 6) is 1.42. The van der Waals surface area contributed by atoms with E-state index < -0.39 is 5.09 Å². The second kappa shape index (κ2) is 5.51. The van der Waals surface area contributed by atoms with Crippen LogP contribution in [0.1, 0.15) is 65.7 Å². The third-order valence-corrected chi connectivity index (χ3v) is 5.21. The van der Waals surface area contributed by atoms with Crippen LogP contribution in [0.2, 0.25) is 0 Å². The normalized spacial score (nSPS) is 42.0. The number of rotatable bonds is 5. The Morgan fingerprint density at radius 2 is 2.15 bits per heavy atom. The minimum Gasteiger partial charge on any atom is -0.325 e. The molecule has 0 saturated heterocycles. The lowest BCUT2D eigenvalue weighted by Gasteiger charge is -2.54. The molecule has 0 heterocycles. The van der Waals surface area contributed by atoms with Crippen molar-refractivity contribution in [3.8, 4) is 0 Å². The molecule has 5 nitrogen and oxygen atoms in total. The Morgan fingerprint density at radius 3 is 2.75 bits per heavy atom. The second-order valence-corrected chi connectivity index (χ2v) is 7.66. The first-order valence-electron chi connectivity index (χ1n) is 7.84. The van der Waals surface area contributed by atoms with Crippen molar-refractivity contribution in [2.24, 2.45) is 23.0 Å². The van der Waals surface area contributed by atoms with Gasteiger partial charge in [-0.1, -0.05) is 13.3 Å². The number of nitrogens with two attached hydrogens (primary N) is 1. The number of hydrogen-bond donors (Lipinski definition) is 1. The van der Waals surface area contributed by atoms with Gasteiger partial charge in [0.2, 0.25) is 0 Å². The summed E-state index contributed by atoms with van der Waals surface area (Å²) < 4.78 is 0. The highest BCUT2D eigenvalue weighted by molar-refractivity contribution is 5.02. The first-order valence-corrected chi connectivity index (χ1v) is 7.84. The molecule has 2 N–H and O–H groups in total. The van der Waals surface area contributed by atoms with E-state index in [1.807, 2.05) is 6.92 Å². The van der Waals surface area contributed by atoms with E-state index in [9.17, 15) is 10.1 Å². The summed E-state index contributed by atoms with van der Waals surface area (Å²) in [6.45, 7) is 6.20. The smallest absolute Gasteiger partial charge is 0.294 e. The van der Waals surface area contributed by atoms with Crippen LogP contribution in [0.3, 0.4) is 0 Å². The molecule has 20 heavy (non-hydrogen) atoms. The number of nitrogens with zero attached hydrogens (tertiary/aromatic N) is 1. The molecule has 5 heteroatoms. The van der Waals surface area contributed by atoms with Gasteiger partial charge in [-0.05, 0) is 69.6 Å². The molecule has 5 unspecified atom stereocenters. The van der Waals surface area contributed by atoms with E-state index in [0.29, 0.717) is 5.92 Å². The molecule has 2 aliphatic rings. The van der Waals surface area contributed by atoms with Crippen LogP contribution < -0.4 is 5.73 Å². The standard InChI is InChI=1S/C15H28N2O3/c1-4-12-5-13-7-14(3,16)10-15(8-12,9-13)6-11(2)20-17(18)19/h11-13H,4-10,16H2,1-3H3. The Balaban J connectivity index is 2.12. The molecule has 0 aromatic rings. The van der Waals surface area contributed by atoms with Crippen molar-refractivity contribution in [3.05, 3.63) is 10.1 Å². The molecular weight excluding hydrogens is 256 g/mol. The van der Waals surface area contributed by atoms with Crippen LogP contribution in [-0.4, -0.2) is 16.7 Å². The van der Waals surface area contributed by atoms with Crippen LogP contribution >= 0.6 is 0 Å². The fourth-order valence-corrected chi connectivity index (χ4v) is 5.18. The third kappa shape index (κ3) is 3.62.